The first-order chi connectivity index (χ1) is 26.2. The maximum atomic E-state index is 12.2. The third kappa shape index (κ3) is 34.8. The molecule has 1 atom stereocenters. The van der Waals surface area contributed by atoms with Gasteiger partial charge in [0, 0.05) is 24.9 Å². The molecule has 0 bridgehead atoms. The Kier molecular flexibility index (Phi) is 37.6. The molecule has 0 aliphatic rings. The maximum Gasteiger partial charge on any atom is 0.323 e. The second-order valence-electron chi connectivity index (χ2n) is 16.1. The molecule has 0 saturated heterocycles. The van der Waals surface area contributed by atoms with Crippen LogP contribution >= 0.6 is 0 Å². The van der Waals surface area contributed by atoms with E-state index in [1.54, 1.807) is 12.5 Å². The number of hydrogen-bond donors (Lipinski definition) is 2. The third-order valence-corrected chi connectivity index (χ3v) is 11.0. The highest BCUT2D eigenvalue weighted by atomic mass is 16.6. The topological polar surface area (TPSA) is 93.5 Å². The molecule has 312 valence electrons. The Morgan fingerprint density at radius 2 is 0.943 bits per heavy atom. The molecule has 0 saturated carbocycles. The lowest BCUT2D eigenvalue weighted by Crippen LogP contribution is -2.35. The Morgan fingerprint density at radius 1 is 0.566 bits per heavy atom. The van der Waals surface area contributed by atoms with Crippen LogP contribution in [-0.4, -0.2) is 66.3 Å². The van der Waals surface area contributed by atoms with Gasteiger partial charge in [-0.1, -0.05) is 206 Å². The lowest BCUT2D eigenvalue weighted by molar-refractivity contribution is -0.146. The maximum absolute atomic E-state index is 12.2. The summed E-state index contributed by atoms with van der Waals surface area (Å²) in [7, 11) is 0. The molecule has 7 nitrogen and oxygen atoms in total. The van der Waals surface area contributed by atoms with Gasteiger partial charge in [0.05, 0.1) is 19.5 Å². The fourth-order valence-corrected chi connectivity index (χ4v) is 7.42. The van der Waals surface area contributed by atoms with Gasteiger partial charge in [0.25, 0.3) is 0 Å². The van der Waals surface area contributed by atoms with Crippen molar-refractivity contribution in [3.05, 3.63) is 18.2 Å². The molecule has 1 aromatic heterocycles. The minimum Gasteiger partial charge on any atom is -0.462 e. The number of carbonyl (C=O) groups excluding carboxylic acids is 1. The van der Waals surface area contributed by atoms with Crippen LogP contribution in [-0.2, 0) is 20.7 Å². The van der Waals surface area contributed by atoms with Crippen molar-refractivity contribution in [1.29, 1.82) is 0 Å². The molecule has 0 aliphatic carbocycles. The van der Waals surface area contributed by atoms with E-state index in [1.165, 1.54) is 205 Å². The van der Waals surface area contributed by atoms with Crippen LogP contribution in [0.2, 0.25) is 0 Å². The lowest BCUT2D eigenvalue weighted by atomic mass is 10.0. The van der Waals surface area contributed by atoms with Crippen LogP contribution in [0.25, 0.3) is 0 Å². The summed E-state index contributed by atoms with van der Waals surface area (Å²) in [6.07, 6.45) is 48.7. The number of carbonyl (C=O) groups is 1. The zero-order valence-corrected chi connectivity index (χ0v) is 35.5. The quantitative estimate of drug-likeness (QED) is 0.0510. The second-order valence-corrected chi connectivity index (χ2v) is 16.1. The molecular formula is C46H90N4O3. The summed E-state index contributed by atoms with van der Waals surface area (Å²) in [6.45, 7) is 9.20. The molecule has 0 amide bonds. The molecule has 7 heteroatoms. The van der Waals surface area contributed by atoms with E-state index in [9.17, 15) is 4.79 Å². The molecule has 1 unspecified atom stereocenters. The Morgan fingerprint density at radius 3 is 1.30 bits per heavy atom. The number of rotatable bonds is 43. The predicted octanol–water partition coefficient (Wildman–Crippen LogP) is 12.7. The molecular weight excluding hydrogens is 657 g/mol. The number of ether oxygens (including phenoxy) is 2. The molecule has 53 heavy (non-hydrogen) atoms. The number of imidazole rings is 1. The van der Waals surface area contributed by atoms with Crippen LogP contribution in [0.4, 0.5) is 0 Å². The summed E-state index contributed by atoms with van der Waals surface area (Å²) in [5.74, 6) is -0.392. The van der Waals surface area contributed by atoms with Gasteiger partial charge in [0.2, 0.25) is 0 Å². The van der Waals surface area contributed by atoms with Crippen LogP contribution in [0, 0.1) is 0 Å². The molecule has 0 spiro atoms. The number of aromatic amines is 1. The summed E-state index contributed by atoms with van der Waals surface area (Å²) in [6, 6.07) is -0.689. The van der Waals surface area contributed by atoms with Gasteiger partial charge < -0.3 is 25.1 Å². The molecule has 0 aliphatic heterocycles. The highest BCUT2D eigenvalue weighted by molar-refractivity contribution is 5.75. The monoisotopic (exact) mass is 747 g/mol. The highest BCUT2D eigenvalue weighted by Gasteiger charge is 2.16. The van der Waals surface area contributed by atoms with E-state index in [0.717, 1.165) is 25.3 Å². The number of nitrogens with zero attached hydrogens (tertiary/aromatic N) is 2. The average Bonchev–Trinajstić information content (AvgIpc) is 3.68. The molecule has 0 aromatic carbocycles. The number of nitrogens with one attached hydrogen (secondary N) is 1. The molecule has 0 radical (unpaired) electrons. The van der Waals surface area contributed by atoms with E-state index >= 15 is 0 Å². The molecule has 1 aromatic rings. The third-order valence-electron chi connectivity index (χ3n) is 11.0. The number of hydrogen-bond acceptors (Lipinski definition) is 6. The zero-order chi connectivity index (χ0) is 38.1. The summed E-state index contributed by atoms with van der Waals surface area (Å²) in [5.41, 5.74) is 6.82. The van der Waals surface area contributed by atoms with Crippen molar-refractivity contribution in [2.24, 2.45) is 5.73 Å². The predicted molar refractivity (Wildman–Crippen MR) is 228 cm³/mol. The van der Waals surface area contributed by atoms with Crippen molar-refractivity contribution in [2.75, 3.05) is 39.5 Å². The van der Waals surface area contributed by atoms with Crippen LogP contribution in [0.15, 0.2) is 12.5 Å². The van der Waals surface area contributed by atoms with E-state index in [4.69, 9.17) is 15.2 Å². The van der Waals surface area contributed by atoms with Gasteiger partial charge in [-0.05, 0) is 25.9 Å². The first-order valence-electron chi connectivity index (χ1n) is 23.4. The smallest absolute Gasteiger partial charge is 0.323 e. The first-order valence-corrected chi connectivity index (χ1v) is 23.4. The molecule has 1 rings (SSSR count). The van der Waals surface area contributed by atoms with Gasteiger partial charge >= 0.3 is 5.97 Å². The average molecular weight is 747 g/mol. The van der Waals surface area contributed by atoms with Crippen molar-refractivity contribution in [3.8, 4) is 0 Å². The Labute approximate surface area is 329 Å². The van der Waals surface area contributed by atoms with Gasteiger partial charge in [-0.15, -0.1) is 0 Å². The van der Waals surface area contributed by atoms with E-state index in [2.05, 4.69) is 28.7 Å². The van der Waals surface area contributed by atoms with E-state index < -0.39 is 12.0 Å². The number of H-pyrrole nitrogens is 1. The zero-order valence-electron chi connectivity index (χ0n) is 35.5. The van der Waals surface area contributed by atoms with Gasteiger partial charge in [0.15, 0.2) is 0 Å². The molecule has 3 N–H and O–H groups in total. The lowest BCUT2D eigenvalue weighted by Gasteiger charge is -2.22. The van der Waals surface area contributed by atoms with Gasteiger partial charge in [-0.25, -0.2) is 4.98 Å². The van der Waals surface area contributed by atoms with Crippen LogP contribution in [0.1, 0.15) is 225 Å². The van der Waals surface area contributed by atoms with Gasteiger partial charge in [0.1, 0.15) is 12.6 Å². The SMILES string of the molecule is CCCCCCCCCCCCCCCCCCN(CCCCCCCCCCCCCCCCCC)CCOCCOC(=O)C(N)Cc1cnc[nH]1. The van der Waals surface area contributed by atoms with E-state index in [1.807, 2.05) is 0 Å². The Balaban J connectivity index is 2.13. The summed E-state index contributed by atoms with van der Waals surface area (Å²) in [5, 5.41) is 0. The largest absolute Gasteiger partial charge is 0.462 e. The normalized spacial score (nSPS) is 12.2. The molecule has 1 heterocycles. The van der Waals surface area contributed by atoms with Crippen molar-refractivity contribution in [1.82, 2.24) is 14.9 Å². The van der Waals surface area contributed by atoms with Crippen molar-refractivity contribution in [3.63, 3.8) is 0 Å². The van der Waals surface area contributed by atoms with Crippen molar-refractivity contribution < 1.29 is 14.3 Å². The second kappa shape index (κ2) is 40.2. The van der Waals surface area contributed by atoms with Crippen LogP contribution < -0.4 is 5.73 Å². The summed E-state index contributed by atoms with van der Waals surface area (Å²) in [4.78, 5) is 21.8. The fourth-order valence-electron chi connectivity index (χ4n) is 7.42. The number of nitrogens with two attached hydrogens (primary N) is 1. The van der Waals surface area contributed by atoms with E-state index in [0.29, 0.717) is 19.6 Å². The minimum absolute atomic E-state index is 0.244. The number of unbranched alkanes of at least 4 members (excludes halogenated alkanes) is 30. The summed E-state index contributed by atoms with van der Waals surface area (Å²) < 4.78 is 11.2. The Bertz CT molecular complexity index is 816. The van der Waals surface area contributed by atoms with Gasteiger partial charge in [-0.2, -0.15) is 0 Å². The van der Waals surface area contributed by atoms with Gasteiger partial charge in [-0.3, -0.25) is 4.79 Å². The standard InChI is InChI=1S/C46H90N4O3/c1-3-5-7-9-11-13-15-17-19-21-23-25-27-29-31-33-35-50(37-38-52-39-40-53-46(51)45(47)41-44-42-48-43-49-44)36-34-32-30-28-26-24-22-20-18-16-14-12-10-8-6-4-2/h42-43,45H,3-41,47H2,1-2H3,(H,48,49). The first kappa shape index (κ1) is 49.6. The minimum atomic E-state index is -0.689. The Hall–Kier alpha value is -1.44. The molecule has 0 fully saturated rings. The fraction of sp³-hybridized carbons (Fsp3) is 0.913. The van der Waals surface area contributed by atoms with Crippen molar-refractivity contribution >= 4 is 5.97 Å². The van der Waals surface area contributed by atoms with Crippen molar-refractivity contribution in [2.45, 2.75) is 232 Å². The summed E-state index contributed by atoms with van der Waals surface area (Å²) >= 11 is 0. The highest BCUT2D eigenvalue weighted by Crippen LogP contribution is 2.16. The van der Waals surface area contributed by atoms with Crippen LogP contribution in [0.3, 0.4) is 0 Å². The van der Waals surface area contributed by atoms with Crippen LogP contribution in [0.5, 0.6) is 0 Å². The van der Waals surface area contributed by atoms with E-state index in [-0.39, 0.29) is 6.61 Å². The number of aromatic nitrogens is 2. The number of esters is 1.